The maximum Gasteiger partial charge on any atom is 0.252 e. The Morgan fingerprint density at radius 3 is 2.54 bits per heavy atom. The minimum atomic E-state index is -0.225. The predicted molar refractivity (Wildman–Crippen MR) is 110 cm³/mol. The Morgan fingerprint density at radius 2 is 1.88 bits per heavy atom. The molecule has 1 heterocycles. The molecular weight excluding hydrogens is 445 g/mol. The topological polar surface area (TPSA) is 70.7 Å². The number of carbonyl (C=O) groups is 2. The average Bonchev–Trinajstić information content (AvgIpc) is 2.64. The van der Waals surface area contributed by atoms with Gasteiger partial charge in [0.1, 0.15) is 0 Å². The standard InChI is InChI=1S/C19H28IN3O3/c1-14(2)11-15(23-7-9-26-10-8-23)12-21-18(24)13-22-19(25)16-5-3-4-6-17(16)20/h3-6,14-15H,7-13H2,1-2H3,(H,21,24)(H,22,25). The third-order valence-electron chi connectivity index (χ3n) is 4.37. The van der Waals surface area contributed by atoms with Gasteiger partial charge in [-0.25, -0.2) is 0 Å². The number of hydrogen-bond donors (Lipinski definition) is 2. The van der Waals surface area contributed by atoms with E-state index in [1.54, 1.807) is 6.07 Å². The Balaban J connectivity index is 1.80. The molecule has 1 fully saturated rings. The molecule has 2 amide bonds. The Labute approximate surface area is 169 Å². The molecule has 1 aliphatic rings. The van der Waals surface area contributed by atoms with Crippen molar-refractivity contribution >= 4 is 34.4 Å². The van der Waals surface area contributed by atoms with E-state index in [4.69, 9.17) is 4.74 Å². The zero-order chi connectivity index (χ0) is 18.9. The highest BCUT2D eigenvalue weighted by atomic mass is 127. The highest BCUT2D eigenvalue weighted by molar-refractivity contribution is 14.1. The average molecular weight is 473 g/mol. The summed E-state index contributed by atoms with van der Waals surface area (Å²) in [6.45, 7) is 8.25. The summed E-state index contributed by atoms with van der Waals surface area (Å²) in [5.74, 6) is 0.169. The molecule has 2 N–H and O–H groups in total. The summed E-state index contributed by atoms with van der Waals surface area (Å²) in [5, 5.41) is 5.66. The number of nitrogens with zero attached hydrogens (tertiary/aromatic N) is 1. The number of benzene rings is 1. The Hall–Kier alpha value is -1.19. The van der Waals surface area contributed by atoms with E-state index >= 15 is 0 Å². The van der Waals surface area contributed by atoms with E-state index in [-0.39, 0.29) is 18.4 Å². The highest BCUT2D eigenvalue weighted by Crippen LogP contribution is 2.13. The van der Waals surface area contributed by atoms with Gasteiger partial charge in [-0.2, -0.15) is 0 Å². The van der Waals surface area contributed by atoms with Gasteiger partial charge in [0.25, 0.3) is 5.91 Å². The predicted octanol–water partition coefficient (Wildman–Crippen LogP) is 1.88. The molecule has 1 unspecified atom stereocenters. The molecule has 0 radical (unpaired) electrons. The van der Waals surface area contributed by atoms with Gasteiger partial charge in [-0.1, -0.05) is 26.0 Å². The summed E-state index contributed by atoms with van der Waals surface area (Å²) in [6.07, 6.45) is 1.02. The van der Waals surface area contributed by atoms with Gasteiger partial charge in [0.2, 0.25) is 5.91 Å². The summed E-state index contributed by atoms with van der Waals surface area (Å²) in [4.78, 5) is 26.7. The Kier molecular flexibility index (Phi) is 8.80. The van der Waals surface area contributed by atoms with Gasteiger partial charge < -0.3 is 15.4 Å². The quantitative estimate of drug-likeness (QED) is 0.566. The van der Waals surface area contributed by atoms with Crippen molar-refractivity contribution in [3.63, 3.8) is 0 Å². The van der Waals surface area contributed by atoms with Crippen LogP contribution in [0.2, 0.25) is 0 Å². The lowest BCUT2D eigenvalue weighted by atomic mass is 10.0. The highest BCUT2D eigenvalue weighted by Gasteiger charge is 2.22. The van der Waals surface area contributed by atoms with Crippen LogP contribution in [0.4, 0.5) is 0 Å². The lowest BCUT2D eigenvalue weighted by Crippen LogP contribution is -2.50. The SMILES string of the molecule is CC(C)CC(CNC(=O)CNC(=O)c1ccccc1I)N1CCOCC1. The first-order chi connectivity index (χ1) is 12.5. The van der Waals surface area contributed by atoms with Crippen molar-refractivity contribution in [2.24, 2.45) is 5.92 Å². The summed E-state index contributed by atoms with van der Waals surface area (Å²) >= 11 is 2.12. The minimum Gasteiger partial charge on any atom is -0.379 e. The summed E-state index contributed by atoms with van der Waals surface area (Å²) < 4.78 is 6.29. The fourth-order valence-electron chi connectivity index (χ4n) is 3.04. The molecule has 1 atom stereocenters. The van der Waals surface area contributed by atoms with E-state index < -0.39 is 0 Å². The number of halogens is 1. The Morgan fingerprint density at radius 1 is 1.19 bits per heavy atom. The molecule has 0 saturated carbocycles. The van der Waals surface area contributed by atoms with E-state index in [0.29, 0.717) is 24.1 Å². The van der Waals surface area contributed by atoms with Gasteiger partial charge in [0.15, 0.2) is 0 Å². The number of amides is 2. The maximum absolute atomic E-state index is 12.2. The number of nitrogens with one attached hydrogen (secondary N) is 2. The lowest BCUT2D eigenvalue weighted by Gasteiger charge is -2.35. The molecule has 2 rings (SSSR count). The van der Waals surface area contributed by atoms with Crippen LogP contribution in [0.5, 0.6) is 0 Å². The molecular formula is C19H28IN3O3. The van der Waals surface area contributed by atoms with Crippen LogP contribution in [-0.2, 0) is 9.53 Å². The second-order valence-corrected chi connectivity index (χ2v) is 8.06. The second kappa shape index (κ2) is 10.8. The molecule has 1 aromatic carbocycles. The first kappa shape index (κ1) is 21.1. The third kappa shape index (κ3) is 6.85. The lowest BCUT2D eigenvalue weighted by molar-refractivity contribution is -0.120. The van der Waals surface area contributed by atoms with Crippen molar-refractivity contribution in [1.29, 1.82) is 0 Å². The van der Waals surface area contributed by atoms with Crippen molar-refractivity contribution in [3.05, 3.63) is 33.4 Å². The zero-order valence-electron chi connectivity index (χ0n) is 15.5. The van der Waals surface area contributed by atoms with E-state index in [1.807, 2.05) is 18.2 Å². The van der Waals surface area contributed by atoms with Crippen LogP contribution in [-0.4, -0.2) is 62.1 Å². The van der Waals surface area contributed by atoms with Gasteiger partial charge in [-0.15, -0.1) is 0 Å². The monoisotopic (exact) mass is 473 g/mol. The van der Waals surface area contributed by atoms with Crippen molar-refractivity contribution in [2.75, 3.05) is 39.4 Å². The van der Waals surface area contributed by atoms with Crippen LogP contribution in [0.1, 0.15) is 30.6 Å². The molecule has 1 saturated heterocycles. The van der Waals surface area contributed by atoms with Crippen LogP contribution in [0.3, 0.4) is 0 Å². The van der Waals surface area contributed by atoms with Gasteiger partial charge in [-0.05, 0) is 47.1 Å². The number of rotatable bonds is 8. The van der Waals surface area contributed by atoms with E-state index in [1.165, 1.54) is 0 Å². The van der Waals surface area contributed by atoms with Crippen LogP contribution in [0, 0.1) is 9.49 Å². The molecule has 0 aromatic heterocycles. The molecule has 0 bridgehead atoms. The van der Waals surface area contributed by atoms with Crippen LogP contribution in [0.15, 0.2) is 24.3 Å². The van der Waals surface area contributed by atoms with Gasteiger partial charge in [0.05, 0.1) is 25.3 Å². The van der Waals surface area contributed by atoms with Gasteiger partial charge in [-0.3, -0.25) is 14.5 Å². The first-order valence-corrected chi connectivity index (χ1v) is 10.2. The van der Waals surface area contributed by atoms with E-state index in [2.05, 4.69) is 52.0 Å². The van der Waals surface area contributed by atoms with Crippen molar-refractivity contribution in [3.8, 4) is 0 Å². The summed E-state index contributed by atoms with van der Waals surface area (Å²) in [6, 6.07) is 7.62. The number of morpholine rings is 1. The smallest absolute Gasteiger partial charge is 0.252 e. The van der Waals surface area contributed by atoms with Crippen molar-refractivity contribution in [2.45, 2.75) is 26.3 Å². The molecule has 6 nitrogen and oxygen atoms in total. The van der Waals surface area contributed by atoms with Crippen molar-refractivity contribution < 1.29 is 14.3 Å². The van der Waals surface area contributed by atoms with Crippen LogP contribution < -0.4 is 10.6 Å². The fourth-order valence-corrected chi connectivity index (χ4v) is 3.68. The first-order valence-electron chi connectivity index (χ1n) is 9.08. The molecule has 26 heavy (non-hydrogen) atoms. The molecule has 1 aliphatic heterocycles. The van der Waals surface area contributed by atoms with E-state index in [9.17, 15) is 9.59 Å². The molecule has 0 aliphatic carbocycles. The minimum absolute atomic E-state index is 0.0126. The summed E-state index contributed by atoms with van der Waals surface area (Å²) in [7, 11) is 0. The largest absolute Gasteiger partial charge is 0.379 e. The van der Waals surface area contributed by atoms with Crippen LogP contribution >= 0.6 is 22.6 Å². The van der Waals surface area contributed by atoms with Crippen LogP contribution in [0.25, 0.3) is 0 Å². The summed E-state index contributed by atoms with van der Waals surface area (Å²) in [5.41, 5.74) is 0.590. The maximum atomic E-state index is 12.2. The number of carbonyl (C=O) groups excluding carboxylic acids is 2. The van der Waals surface area contributed by atoms with Gasteiger partial charge >= 0.3 is 0 Å². The number of hydrogen-bond acceptors (Lipinski definition) is 4. The normalized spacial score (nSPS) is 16.3. The molecule has 0 spiro atoms. The third-order valence-corrected chi connectivity index (χ3v) is 5.31. The number of ether oxygens (including phenoxy) is 1. The Bertz CT molecular complexity index is 603. The second-order valence-electron chi connectivity index (χ2n) is 6.90. The zero-order valence-corrected chi connectivity index (χ0v) is 17.6. The molecule has 144 valence electrons. The fraction of sp³-hybridized carbons (Fsp3) is 0.579. The van der Waals surface area contributed by atoms with Crippen molar-refractivity contribution in [1.82, 2.24) is 15.5 Å². The van der Waals surface area contributed by atoms with E-state index in [0.717, 1.165) is 36.3 Å². The van der Waals surface area contributed by atoms with Gasteiger partial charge in [0, 0.05) is 29.2 Å². The molecule has 1 aromatic rings. The molecule has 7 heteroatoms.